The van der Waals surface area contributed by atoms with Crippen molar-refractivity contribution in [1.82, 2.24) is 20.1 Å². The summed E-state index contributed by atoms with van der Waals surface area (Å²) in [5.74, 6) is -0.0380. The molecule has 0 radical (unpaired) electrons. The Morgan fingerprint density at radius 1 is 1.07 bits per heavy atom. The highest BCUT2D eigenvalue weighted by Gasteiger charge is 2.26. The van der Waals surface area contributed by atoms with Crippen molar-refractivity contribution >= 4 is 16.8 Å². The van der Waals surface area contributed by atoms with Crippen molar-refractivity contribution in [3.8, 4) is 0 Å². The maximum atomic E-state index is 12.7. The molecule has 0 spiro atoms. The summed E-state index contributed by atoms with van der Waals surface area (Å²) in [5.41, 5.74) is 2.86. The Morgan fingerprint density at radius 3 is 2.71 bits per heavy atom. The molecule has 0 aliphatic carbocycles. The molecule has 1 unspecified atom stereocenters. The Bertz CT molecular complexity index is 938. The Morgan fingerprint density at radius 2 is 1.86 bits per heavy atom. The van der Waals surface area contributed by atoms with Crippen LogP contribution >= 0.6 is 0 Å². The molecule has 3 aromatic rings. The molecule has 1 aliphatic rings. The summed E-state index contributed by atoms with van der Waals surface area (Å²) < 4.78 is 0. The van der Waals surface area contributed by atoms with Crippen LogP contribution < -0.4 is 5.32 Å². The second-order valence-electron chi connectivity index (χ2n) is 7.36. The zero-order chi connectivity index (χ0) is 19.3. The lowest BCUT2D eigenvalue weighted by molar-refractivity contribution is 0.0844. The SMILES string of the molecule is CN1CCN(CCNC(=O)c2ccnc3ccccc23)C(c2ccccc2)C1. The van der Waals surface area contributed by atoms with E-state index in [2.05, 4.69) is 57.5 Å². The lowest BCUT2D eigenvalue weighted by atomic mass is 10.0. The minimum absolute atomic E-state index is 0.0380. The maximum absolute atomic E-state index is 12.7. The number of hydrogen-bond acceptors (Lipinski definition) is 4. The number of nitrogens with one attached hydrogen (secondary N) is 1. The van der Waals surface area contributed by atoms with Crippen LogP contribution in [0.15, 0.2) is 66.9 Å². The van der Waals surface area contributed by atoms with Gasteiger partial charge in [0.15, 0.2) is 0 Å². The molecule has 144 valence electrons. The summed E-state index contributed by atoms with van der Waals surface area (Å²) in [6.07, 6.45) is 1.70. The third-order valence-corrected chi connectivity index (χ3v) is 5.46. The number of rotatable bonds is 5. The van der Waals surface area contributed by atoms with Crippen molar-refractivity contribution in [2.75, 3.05) is 39.8 Å². The van der Waals surface area contributed by atoms with Gasteiger partial charge in [0.1, 0.15) is 0 Å². The van der Waals surface area contributed by atoms with Gasteiger partial charge in [-0.2, -0.15) is 0 Å². The van der Waals surface area contributed by atoms with Crippen LogP contribution in [0.1, 0.15) is 22.0 Å². The van der Waals surface area contributed by atoms with Crippen molar-refractivity contribution in [1.29, 1.82) is 0 Å². The molecule has 1 fully saturated rings. The van der Waals surface area contributed by atoms with Crippen LogP contribution in [0.4, 0.5) is 0 Å². The molecular weight excluding hydrogens is 348 g/mol. The molecule has 1 N–H and O–H groups in total. The fourth-order valence-electron chi connectivity index (χ4n) is 3.92. The third kappa shape index (κ3) is 4.06. The zero-order valence-corrected chi connectivity index (χ0v) is 16.2. The monoisotopic (exact) mass is 374 g/mol. The van der Waals surface area contributed by atoms with Crippen molar-refractivity contribution in [3.63, 3.8) is 0 Å². The first-order valence-corrected chi connectivity index (χ1v) is 9.82. The second kappa shape index (κ2) is 8.50. The molecule has 2 aromatic carbocycles. The quantitative estimate of drug-likeness (QED) is 0.746. The van der Waals surface area contributed by atoms with E-state index in [0.29, 0.717) is 18.2 Å². The predicted molar refractivity (Wildman–Crippen MR) is 112 cm³/mol. The predicted octanol–water partition coefficient (Wildman–Crippen LogP) is 2.95. The van der Waals surface area contributed by atoms with Gasteiger partial charge in [-0.3, -0.25) is 14.7 Å². The Labute approximate surface area is 166 Å². The highest BCUT2D eigenvalue weighted by Crippen LogP contribution is 2.24. The summed E-state index contributed by atoms with van der Waals surface area (Å²) in [5, 5.41) is 3.99. The number of nitrogens with zero attached hydrogens (tertiary/aromatic N) is 3. The van der Waals surface area contributed by atoms with E-state index in [9.17, 15) is 4.79 Å². The number of fused-ring (bicyclic) bond motifs is 1. The number of piperazine rings is 1. The van der Waals surface area contributed by atoms with Crippen LogP contribution in [0.25, 0.3) is 10.9 Å². The number of benzene rings is 2. The van der Waals surface area contributed by atoms with Crippen LogP contribution in [0.2, 0.25) is 0 Å². The van der Waals surface area contributed by atoms with Gasteiger partial charge in [-0.05, 0) is 24.7 Å². The molecule has 1 aromatic heterocycles. The molecule has 2 heterocycles. The van der Waals surface area contributed by atoms with Gasteiger partial charge in [-0.15, -0.1) is 0 Å². The molecular formula is C23H26N4O. The maximum Gasteiger partial charge on any atom is 0.252 e. The van der Waals surface area contributed by atoms with E-state index < -0.39 is 0 Å². The smallest absolute Gasteiger partial charge is 0.252 e. The number of likely N-dealkylation sites (N-methyl/N-ethyl adjacent to an activating group) is 1. The lowest BCUT2D eigenvalue weighted by Crippen LogP contribution is -2.49. The fourth-order valence-corrected chi connectivity index (χ4v) is 3.92. The summed E-state index contributed by atoms with van der Waals surface area (Å²) in [6, 6.07) is 20.5. The van der Waals surface area contributed by atoms with Gasteiger partial charge < -0.3 is 10.2 Å². The topological polar surface area (TPSA) is 48.5 Å². The van der Waals surface area contributed by atoms with Gasteiger partial charge in [-0.1, -0.05) is 48.5 Å². The molecule has 1 aliphatic heterocycles. The van der Waals surface area contributed by atoms with E-state index in [1.54, 1.807) is 12.3 Å². The number of carbonyl (C=O) groups is 1. The summed E-state index contributed by atoms with van der Waals surface area (Å²) in [6.45, 7) is 4.52. The van der Waals surface area contributed by atoms with Gasteiger partial charge >= 0.3 is 0 Å². The number of hydrogen-bond donors (Lipinski definition) is 1. The van der Waals surface area contributed by atoms with Crippen LogP contribution in [-0.2, 0) is 0 Å². The molecule has 1 amide bonds. The lowest BCUT2D eigenvalue weighted by Gasteiger charge is -2.40. The summed E-state index contributed by atoms with van der Waals surface area (Å²) >= 11 is 0. The third-order valence-electron chi connectivity index (χ3n) is 5.46. The standard InChI is InChI=1S/C23H26N4O/c1-26-15-16-27(22(17-26)18-7-3-2-4-8-18)14-13-25-23(28)20-11-12-24-21-10-6-5-9-19(20)21/h2-12,22H,13-17H2,1H3,(H,25,28). The number of carbonyl (C=O) groups excluding carboxylic acids is 1. The number of aromatic nitrogens is 1. The van der Waals surface area contributed by atoms with Gasteiger partial charge in [0.05, 0.1) is 11.1 Å². The molecule has 4 rings (SSSR count). The van der Waals surface area contributed by atoms with Crippen LogP contribution in [0.5, 0.6) is 0 Å². The van der Waals surface area contributed by atoms with Crippen molar-refractivity contribution in [2.24, 2.45) is 0 Å². The van der Waals surface area contributed by atoms with Crippen molar-refractivity contribution in [3.05, 3.63) is 78.0 Å². The van der Waals surface area contributed by atoms with E-state index >= 15 is 0 Å². The van der Waals surface area contributed by atoms with Gasteiger partial charge in [0.2, 0.25) is 0 Å². The largest absolute Gasteiger partial charge is 0.351 e. The molecule has 5 nitrogen and oxygen atoms in total. The first-order chi connectivity index (χ1) is 13.7. The van der Waals surface area contributed by atoms with E-state index in [0.717, 1.165) is 37.1 Å². The summed E-state index contributed by atoms with van der Waals surface area (Å²) in [7, 11) is 2.17. The van der Waals surface area contributed by atoms with E-state index in [1.165, 1.54) is 5.56 Å². The van der Waals surface area contributed by atoms with E-state index in [1.807, 2.05) is 24.3 Å². The number of amides is 1. The summed E-state index contributed by atoms with van der Waals surface area (Å²) in [4.78, 5) is 21.9. The average Bonchev–Trinajstić information content (AvgIpc) is 2.75. The van der Waals surface area contributed by atoms with E-state index in [4.69, 9.17) is 0 Å². The van der Waals surface area contributed by atoms with Crippen LogP contribution in [-0.4, -0.2) is 60.5 Å². The highest BCUT2D eigenvalue weighted by atomic mass is 16.1. The minimum atomic E-state index is -0.0380. The molecule has 0 saturated carbocycles. The van der Waals surface area contributed by atoms with Crippen LogP contribution in [0.3, 0.4) is 0 Å². The number of para-hydroxylation sites is 1. The van der Waals surface area contributed by atoms with E-state index in [-0.39, 0.29) is 5.91 Å². The van der Waals surface area contributed by atoms with Crippen molar-refractivity contribution in [2.45, 2.75) is 6.04 Å². The second-order valence-corrected chi connectivity index (χ2v) is 7.36. The first-order valence-electron chi connectivity index (χ1n) is 9.82. The molecule has 28 heavy (non-hydrogen) atoms. The molecule has 0 bridgehead atoms. The Kier molecular flexibility index (Phi) is 5.65. The fraction of sp³-hybridized carbons (Fsp3) is 0.304. The Hall–Kier alpha value is -2.76. The van der Waals surface area contributed by atoms with Gasteiger partial charge in [0, 0.05) is 50.3 Å². The Balaban J connectivity index is 1.41. The normalized spacial score (nSPS) is 18.2. The molecule has 1 saturated heterocycles. The van der Waals surface area contributed by atoms with Gasteiger partial charge in [0.25, 0.3) is 5.91 Å². The van der Waals surface area contributed by atoms with Gasteiger partial charge in [-0.25, -0.2) is 0 Å². The average molecular weight is 374 g/mol. The first kappa shape index (κ1) is 18.6. The highest BCUT2D eigenvalue weighted by molar-refractivity contribution is 6.05. The number of pyridine rings is 1. The molecule has 1 atom stereocenters. The zero-order valence-electron chi connectivity index (χ0n) is 16.2. The van der Waals surface area contributed by atoms with Crippen molar-refractivity contribution < 1.29 is 4.79 Å². The van der Waals surface area contributed by atoms with Crippen LogP contribution in [0, 0.1) is 0 Å². The molecule has 5 heteroatoms. The minimum Gasteiger partial charge on any atom is -0.351 e.